The number of methoxy groups -OCH3 is 1. The molecule has 0 fully saturated rings. The van der Waals surface area contributed by atoms with Gasteiger partial charge in [-0.15, -0.1) is 0 Å². The van der Waals surface area contributed by atoms with Gasteiger partial charge >= 0.3 is 0 Å². The molecule has 1 unspecified atom stereocenters. The second-order valence-corrected chi connectivity index (χ2v) is 4.36. The predicted octanol–water partition coefficient (Wildman–Crippen LogP) is 2.63. The molecule has 19 heavy (non-hydrogen) atoms. The summed E-state index contributed by atoms with van der Waals surface area (Å²) >= 11 is 0. The van der Waals surface area contributed by atoms with Crippen molar-refractivity contribution in [1.82, 2.24) is 4.57 Å². The third-order valence-corrected chi connectivity index (χ3v) is 2.93. The first kappa shape index (κ1) is 13.5. The molecule has 4 nitrogen and oxygen atoms in total. The lowest BCUT2D eigenvalue weighted by Gasteiger charge is -2.10. The highest BCUT2D eigenvalue weighted by Gasteiger charge is 2.04. The molecule has 4 heteroatoms. The molecule has 0 saturated heterocycles. The molecule has 0 spiro atoms. The molecule has 2 aromatic rings. The molecule has 102 valence electrons. The molecule has 0 amide bonds. The highest BCUT2D eigenvalue weighted by Crippen LogP contribution is 2.25. The van der Waals surface area contributed by atoms with E-state index in [0.717, 1.165) is 23.6 Å². The second-order valence-electron chi connectivity index (χ2n) is 4.36. The van der Waals surface area contributed by atoms with Crippen LogP contribution in [0.4, 0.5) is 0 Å². The smallest absolute Gasteiger partial charge is 0.161 e. The first-order valence-corrected chi connectivity index (χ1v) is 6.30. The zero-order valence-electron chi connectivity index (χ0n) is 11.2. The third-order valence-electron chi connectivity index (χ3n) is 2.93. The van der Waals surface area contributed by atoms with Crippen molar-refractivity contribution in [2.45, 2.75) is 19.6 Å². The van der Waals surface area contributed by atoms with E-state index in [2.05, 4.69) is 0 Å². The molecule has 1 aromatic carbocycles. The Hall–Kier alpha value is -1.94. The molecule has 0 radical (unpaired) electrons. The van der Waals surface area contributed by atoms with Gasteiger partial charge in [0.2, 0.25) is 0 Å². The summed E-state index contributed by atoms with van der Waals surface area (Å²) in [6.07, 6.45) is 3.43. The predicted molar refractivity (Wildman–Crippen MR) is 73.6 cm³/mol. The highest BCUT2D eigenvalue weighted by molar-refractivity contribution is 5.39. The maximum absolute atomic E-state index is 9.45. The van der Waals surface area contributed by atoms with Crippen LogP contribution in [0.15, 0.2) is 42.7 Å². The number of hydrogen-bond acceptors (Lipinski definition) is 3. The number of rotatable bonds is 6. The minimum atomic E-state index is -0.434. The summed E-state index contributed by atoms with van der Waals surface area (Å²) < 4.78 is 12.9. The highest BCUT2D eigenvalue weighted by atomic mass is 16.5. The SMILES string of the molecule is COc1ccccc1OCCn1ccc(C(C)O)c1. The minimum absolute atomic E-state index is 0.434. The van der Waals surface area contributed by atoms with Gasteiger partial charge in [0, 0.05) is 12.4 Å². The van der Waals surface area contributed by atoms with Gasteiger partial charge in [0.05, 0.1) is 19.8 Å². The summed E-state index contributed by atoms with van der Waals surface area (Å²) in [5.41, 5.74) is 0.914. The van der Waals surface area contributed by atoms with Crippen molar-refractivity contribution in [2.24, 2.45) is 0 Å². The Balaban J connectivity index is 1.89. The molecule has 0 aliphatic carbocycles. The maximum atomic E-state index is 9.45. The van der Waals surface area contributed by atoms with Crippen LogP contribution in [0, 0.1) is 0 Å². The molecule has 0 saturated carbocycles. The summed E-state index contributed by atoms with van der Waals surface area (Å²) in [5, 5.41) is 9.45. The Morgan fingerprint density at radius 1 is 1.21 bits per heavy atom. The molecule has 0 aliphatic rings. The fourth-order valence-electron chi connectivity index (χ4n) is 1.84. The van der Waals surface area contributed by atoms with Crippen molar-refractivity contribution in [3.05, 3.63) is 48.3 Å². The Labute approximate surface area is 113 Å². The van der Waals surface area contributed by atoms with Crippen LogP contribution in [0.2, 0.25) is 0 Å². The summed E-state index contributed by atoms with van der Waals surface area (Å²) in [5.74, 6) is 1.48. The topological polar surface area (TPSA) is 43.6 Å². The number of nitrogens with zero attached hydrogens (tertiary/aromatic N) is 1. The van der Waals surface area contributed by atoms with Crippen molar-refractivity contribution in [3.8, 4) is 11.5 Å². The van der Waals surface area contributed by atoms with Crippen LogP contribution >= 0.6 is 0 Å². The molecular formula is C15H19NO3. The van der Waals surface area contributed by atoms with Crippen LogP contribution in [0.5, 0.6) is 11.5 Å². The molecule has 1 N–H and O–H groups in total. The number of ether oxygens (including phenoxy) is 2. The number of hydrogen-bond donors (Lipinski definition) is 1. The Kier molecular flexibility index (Phi) is 4.47. The van der Waals surface area contributed by atoms with Crippen LogP contribution in [0.1, 0.15) is 18.6 Å². The van der Waals surface area contributed by atoms with Crippen molar-refractivity contribution in [2.75, 3.05) is 13.7 Å². The number of aliphatic hydroxyl groups excluding tert-OH is 1. The van der Waals surface area contributed by atoms with E-state index in [1.807, 2.05) is 47.3 Å². The molecular weight excluding hydrogens is 242 g/mol. The molecule has 0 bridgehead atoms. The molecule has 2 rings (SSSR count). The Morgan fingerprint density at radius 3 is 2.58 bits per heavy atom. The van der Waals surface area contributed by atoms with Crippen molar-refractivity contribution >= 4 is 0 Å². The van der Waals surface area contributed by atoms with E-state index in [1.54, 1.807) is 14.0 Å². The summed E-state index contributed by atoms with van der Waals surface area (Å²) in [6.45, 7) is 3.03. The minimum Gasteiger partial charge on any atom is -0.493 e. The van der Waals surface area contributed by atoms with Crippen molar-refractivity contribution in [1.29, 1.82) is 0 Å². The quantitative estimate of drug-likeness (QED) is 0.869. The largest absolute Gasteiger partial charge is 0.493 e. The lowest BCUT2D eigenvalue weighted by molar-refractivity contribution is 0.199. The summed E-state index contributed by atoms with van der Waals surface area (Å²) in [7, 11) is 1.63. The standard InChI is InChI=1S/C15H19NO3/c1-12(17)13-7-8-16(11-13)9-10-19-15-6-4-3-5-14(15)18-2/h3-8,11-12,17H,9-10H2,1-2H3. The van der Waals surface area contributed by atoms with Crippen LogP contribution in [-0.2, 0) is 6.54 Å². The van der Waals surface area contributed by atoms with Gasteiger partial charge in [-0.25, -0.2) is 0 Å². The van der Waals surface area contributed by atoms with E-state index in [0.29, 0.717) is 6.61 Å². The zero-order valence-corrected chi connectivity index (χ0v) is 11.2. The lowest BCUT2D eigenvalue weighted by Crippen LogP contribution is -2.07. The molecule has 1 aromatic heterocycles. The van der Waals surface area contributed by atoms with Crippen molar-refractivity contribution < 1.29 is 14.6 Å². The average Bonchev–Trinajstić information content (AvgIpc) is 2.88. The van der Waals surface area contributed by atoms with E-state index >= 15 is 0 Å². The second kappa shape index (κ2) is 6.29. The van der Waals surface area contributed by atoms with Gasteiger partial charge < -0.3 is 19.1 Å². The summed E-state index contributed by atoms with van der Waals surface area (Å²) in [6, 6.07) is 9.49. The molecule has 1 atom stereocenters. The van der Waals surface area contributed by atoms with Crippen LogP contribution in [-0.4, -0.2) is 23.4 Å². The monoisotopic (exact) mass is 261 g/mol. The van der Waals surface area contributed by atoms with E-state index < -0.39 is 6.10 Å². The van der Waals surface area contributed by atoms with E-state index in [1.165, 1.54) is 0 Å². The summed E-state index contributed by atoms with van der Waals surface area (Å²) in [4.78, 5) is 0. The van der Waals surface area contributed by atoms with E-state index in [-0.39, 0.29) is 0 Å². The first-order valence-electron chi connectivity index (χ1n) is 6.30. The number of aromatic nitrogens is 1. The van der Waals surface area contributed by atoms with Gasteiger partial charge in [-0.1, -0.05) is 12.1 Å². The Morgan fingerprint density at radius 2 is 1.95 bits per heavy atom. The van der Waals surface area contributed by atoms with E-state index in [9.17, 15) is 5.11 Å². The lowest BCUT2D eigenvalue weighted by atomic mass is 10.2. The fraction of sp³-hybridized carbons (Fsp3) is 0.333. The number of benzene rings is 1. The van der Waals surface area contributed by atoms with Gasteiger partial charge in [0.1, 0.15) is 6.61 Å². The van der Waals surface area contributed by atoms with Gasteiger partial charge in [0.15, 0.2) is 11.5 Å². The van der Waals surface area contributed by atoms with Gasteiger partial charge in [-0.3, -0.25) is 0 Å². The Bertz CT molecular complexity index is 520. The van der Waals surface area contributed by atoms with Crippen LogP contribution in [0.25, 0.3) is 0 Å². The van der Waals surface area contributed by atoms with Gasteiger partial charge in [-0.05, 0) is 30.7 Å². The van der Waals surface area contributed by atoms with Crippen LogP contribution in [0.3, 0.4) is 0 Å². The normalized spacial score (nSPS) is 12.2. The third kappa shape index (κ3) is 3.51. The molecule has 0 aliphatic heterocycles. The van der Waals surface area contributed by atoms with Crippen LogP contribution < -0.4 is 9.47 Å². The zero-order chi connectivity index (χ0) is 13.7. The number of aliphatic hydroxyl groups is 1. The van der Waals surface area contributed by atoms with Gasteiger partial charge in [0.25, 0.3) is 0 Å². The first-order chi connectivity index (χ1) is 9.20. The fourth-order valence-corrected chi connectivity index (χ4v) is 1.84. The van der Waals surface area contributed by atoms with E-state index in [4.69, 9.17) is 9.47 Å². The number of para-hydroxylation sites is 2. The molecule has 1 heterocycles. The maximum Gasteiger partial charge on any atom is 0.161 e. The average molecular weight is 261 g/mol. The van der Waals surface area contributed by atoms with Gasteiger partial charge in [-0.2, -0.15) is 0 Å². The van der Waals surface area contributed by atoms with Crippen molar-refractivity contribution in [3.63, 3.8) is 0 Å².